The molecule has 4 nitrogen and oxygen atoms in total. The highest BCUT2D eigenvalue weighted by Gasteiger charge is 2.30. The quantitative estimate of drug-likeness (QED) is 0.249. The van der Waals surface area contributed by atoms with E-state index in [1.165, 1.54) is 0 Å². The zero-order valence-corrected chi connectivity index (χ0v) is 18.1. The van der Waals surface area contributed by atoms with E-state index in [4.69, 9.17) is 9.47 Å². The minimum Gasteiger partial charge on any atom is -0.459 e. The molecule has 0 aliphatic rings. The first-order valence-corrected chi connectivity index (χ1v) is 10.8. The highest BCUT2D eigenvalue weighted by Crippen LogP contribution is 2.28. The molecule has 0 fully saturated rings. The summed E-state index contributed by atoms with van der Waals surface area (Å²) in [6.07, 6.45) is 9.32. The van der Waals surface area contributed by atoms with Crippen molar-refractivity contribution in [3.63, 3.8) is 0 Å². The molecule has 0 radical (unpaired) electrons. The summed E-state index contributed by atoms with van der Waals surface area (Å²) in [5.74, 6) is -0.282. The Morgan fingerprint density at radius 1 is 0.615 bits per heavy atom. The van der Waals surface area contributed by atoms with Gasteiger partial charge < -0.3 is 9.47 Å². The van der Waals surface area contributed by atoms with Crippen molar-refractivity contribution in [1.29, 1.82) is 0 Å². The summed E-state index contributed by atoms with van der Waals surface area (Å²) >= 11 is 0. The summed E-state index contributed by atoms with van der Waals surface area (Å²) < 4.78 is 11.6. The van der Waals surface area contributed by atoms with E-state index in [0.717, 1.165) is 51.4 Å². The van der Waals surface area contributed by atoms with E-state index in [-0.39, 0.29) is 23.1 Å². The van der Waals surface area contributed by atoms with Crippen molar-refractivity contribution in [2.45, 2.75) is 130 Å². The lowest BCUT2D eigenvalue weighted by Gasteiger charge is -2.31. The average molecular weight is 371 g/mol. The zero-order valence-electron chi connectivity index (χ0n) is 18.1. The molecule has 0 aliphatic carbocycles. The van der Waals surface area contributed by atoms with Gasteiger partial charge in [0.1, 0.15) is 11.2 Å². The van der Waals surface area contributed by atoms with Crippen molar-refractivity contribution in [2.24, 2.45) is 0 Å². The van der Waals surface area contributed by atoms with Crippen LogP contribution in [0.1, 0.15) is 119 Å². The molecule has 0 heterocycles. The third kappa shape index (κ3) is 8.55. The molecule has 0 spiro atoms. The van der Waals surface area contributed by atoms with Gasteiger partial charge >= 0.3 is 11.9 Å². The largest absolute Gasteiger partial charge is 0.459 e. The number of hydrogen-bond donors (Lipinski definition) is 0. The molecule has 0 aromatic heterocycles. The molecule has 0 unspecified atom stereocenters. The van der Waals surface area contributed by atoms with E-state index in [2.05, 4.69) is 41.5 Å². The van der Waals surface area contributed by atoms with Crippen molar-refractivity contribution >= 4 is 11.9 Å². The number of ether oxygens (including phenoxy) is 2. The summed E-state index contributed by atoms with van der Waals surface area (Å²) in [4.78, 5) is 24.3. The second-order valence-electron chi connectivity index (χ2n) is 7.44. The fourth-order valence-electron chi connectivity index (χ4n) is 3.63. The summed E-state index contributed by atoms with van der Waals surface area (Å²) in [6, 6.07) is 0. The maximum atomic E-state index is 12.2. The minimum atomic E-state index is -0.313. The van der Waals surface area contributed by atoms with E-state index in [9.17, 15) is 9.59 Å². The SMILES string of the molecule is CCCC(CC)(CC)OC(=O)CCCCC(=O)OC(CC)(CC)CCC. The molecule has 0 aliphatic heterocycles. The maximum Gasteiger partial charge on any atom is 0.306 e. The van der Waals surface area contributed by atoms with Gasteiger partial charge in [0.15, 0.2) is 0 Å². The summed E-state index contributed by atoms with van der Waals surface area (Å²) in [7, 11) is 0. The maximum absolute atomic E-state index is 12.2. The molecule has 0 saturated heterocycles. The number of unbranched alkanes of at least 4 members (excludes halogenated alkanes) is 1. The van der Waals surface area contributed by atoms with Crippen LogP contribution in [0.5, 0.6) is 0 Å². The van der Waals surface area contributed by atoms with Crippen LogP contribution in [0.2, 0.25) is 0 Å². The lowest BCUT2D eigenvalue weighted by atomic mass is 9.91. The van der Waals surface area contributed by atoms with E-state index < -0.39 is 0 Å². The van der Waals surface area contributed by atoms with Gasteiger partial charge in [-0.15, -0.1) is 0 Å². The Bertz CT molecular complexity index is 357. The molecule has 0 N–H and O–H groups in total. The molecule has 0 atom stereocenters. The molecule has 0 aromatic carbocycles. The predicted octanol–water partition coefficient (Wildman–Crippen LogP) is 6.35. The molecule has 154 valence electrons. The topological polar surface area (TPSA) is 52.6 Å². The van der Waals surface area contributed by atoms with Crippen molar-refractivity contribution < 1.29 is 19.1 Å². The number of carbonyl (C=O) groups excluding carboxylic acids is 2. The van der Waals surface area contributed by atoms with Crippen LogP contribution < -0.4 is 0 Å². The summed E-state index contributed by atoms with van der Waals surface area (Å²) in [5.41, 5.74) is -0.625. The van der Waals surface area contributed by atoms with Crippen LogP contribution in [0.4, 0.5) is 0 Å². The van der Waals surface area contributed by atoms with E-state index >= 15 is 0 Å². The number of esters is 2. The Labute approximate surface area is 161 Å². The standard InChI is InChI=1S/C22H42O4/c1-7-17-21(9-3,10-4)25-19(23)15-13-14-16-20(24)26-22(11-5,12-6)18-8-2/h7-18H2,1-6H3. The fourth-order valence-corrected chi connectivity index (χ4v) is 3.63. The van der Waals surface area contributed by atoms with Crippen molar-refractivity contribution in [1.82, 2.24) is 0 Å². The second-order valence-corrected chi connectivity index (χ2v) is 7.44. The van der Waals surface area contributed by atoms with Crippen molar-refractivity contribution in [2.75, 3.05) is 0 Å². The molecule has 0 amide bonds. The minimum absolute atomic E-state index is 0.141. The van der Waals surface area contributed by atoms with Crippen LogP contribution >= 0.6 is 0 Å². The smallest absolute Gasteiger partial charge is 0.306 e. The normalized spacial score (nSPS) is 12.1. The second kappa shape index (κ2) is 13.2. The van der Waals surface area contributed by atoms with Crippen LogP contribution in [0, 0.1) is 0 Å². The summed E-state index contributed by atoms with van der Waals surface area (Å²) in [6.45, 7) is 12.5. The van der Waals surface area contributed by atoms with Gasteiger partial charge in [-0.25, -0.2) is 0 Å². The first-order valence-electron chi connectivity index (χ1n) is 10.8. The molecular weight excluding hydrogens is 328 g/mol. The Kier molecular flexibility index (Phi) is 12.6. The predicted molar refractivity (Wildman–Crippen MR) is 107 cm³/mol. The average Bonchev–Trinajstić information content (AvgIpc) is 2.64. The van der Waals surface area contributed by atoms with Crippen LogP contribution in [0.25, 0.3) is 0 Å². The molecule has 0 rings (SSSR count). The molecule has 0 aromatic rings. The van der Waals surface area contributed by atoms with E-state index in [0.29, 0.717) is 25.7 Å². The fraction of sp³-hybridized carbons (Fsp3) is 0.909. The zero-order chi connectivity index (χ0) is 20.1. The van der Waals surface area contributed by atoms with Crippen molar-refractivity contribution in [3.05, 3.63) is 0 Å². The van der Waals surface area contributed by atoms with Gasteiger partial charge in [0.05, 0.1) is 0 Å². The third-order valence-corrected chi connectivity index (χ3v) is 5.66. The van der Waals surface area contributed by atoms with Gasteiger partial charge in [-0.3, -0.25) is 9.59 Å². The van der Waals surface area contributed by atoms with Gasteiger partial charge in [0.25, 0.3) is 0 Å². The lowest BCUT2D eigenvalue weighted by Crippen LogP contribution is -2.34. The molecule has 0 bridgehead atoms. The molecular formula is C22H42O4. The first kappa shape index (κ1) is 24.9. The van der Waals surface area contributed by atoms with Gasteiger partial charge in [-0.1, -0.05) is 54.4 Å². The summed E-state index contributed by atoms with van der Waals surface area (Å²) in [5, 5.41) is 0. The monoisotopic (exact) mass is 370 g/mol. The number of carbonyl (C=O) groups is 2. The Hall–Kier alpha value is -1.06. The lowest BCUT2D eigenvalue weighted by molar-refractivity contribution is -0.164. The Morgan fingerprint density at radius 3 is 1.15 bits per heavy atom. The molecule has 0 saturated carbocycles. The third-order valence-electron chi connectivity index (χ3n) is 5.66. The van der Waals surface area contributed by atoms with Gasteiger partial charge in [0, 0.05) is 12.8 Å². The molecule has 4 heteroatoms. The highest BCUT2D eigenvalue weighted by atomic mass is 16.6. The van der Waals surface area contributed by atoms with Gasteiger partial charge in [-0.05, 0) is 51.4 Å². The van der Waals surface area contributed by atoms with Crippen LogP contribution in [-0.2, 0) is 19.1 Å². The Morgan fingerprint density at radius 2 is 0.923 bits per heavy atom. The van der Waals surface area contributed by atoms with Crippen LogP contribution in [0.3, 0.4) is 0 Å². The van der Waals surface area contributed by atoms with E-state index in [1.807, 2.05) is 0 Å². The van der Waals surface area contributed by atoms with E-state index in [1.54, 1.807) is 0 Å². The van der Waals surface area contributed by atoms with Crippen LogP contribution in [0.15, 0.2) is 0 Å². The highest BCUT2D eigenvalue weighted by molar-refractivity contribution is 5.71. The van der Waals surface area contributed by atoms with Gasteiger partial charge in [-0.2, -0.15) is 0 Å². The molecule has 26 heavy (non-hydrogen) atoms. The number of rotatable bonds is 15. The van der Waals surface area contributed by atoms with Crippen molar-refractivity contribution in [3.8, 4) is 0 Å². The van der Waals surface area contributed by atoms with Crippen LogP contribution in [-0.4, -0.2) is 23.1 Å². The Balaban J connectivity index is 4.28. The van der Waals surface area contributed by atoms with Gasteiger partial charge in [0.2, 0.25) is 0 Å². The first-order chi connectivity index (χ1) is 12.4. The number of hydrogen-bond acceptors (Lipinski definition) is 4.